The number of rotatable bonds is 16. The Labute approximate surface area is 316 Å². The van der Waals surface area contributed by atoms with Gasteiger partial charge in [-0.15, -0.1) is 0 Å². The minimum atomic E-state index is -1.01. The van der Waals surface area contributed by atoms with E-state index in [0.29, 0.717) is 51.7 Å². The molecule has 53 heavy (non-hydrogen) atoms. The number of H-pyrrole nitrogens is 1. The van der Waals surface area contributed by atoms with Crippen molar-refractivity contribution in [1.82, 2.24) is 15.6 Å². The molecule has 2 amide bonds. The van der Waals surface area contributed by atoms with Gasteiger partial charge in [0.1, 0.15) is 0 Å². The second-order valence-electron chi connectivity index (χ2n) is 17.5. The van der Waals surface area contributed by atoms with Crippen LogP contribution in [0.1, 0.15) is 116 Å². The van der Waals surface area contributed by atoms with E-state index in [1.807, 2.05) is 30.3 Å². The van der Waals surface area contributed by atoms with Crippen LogP contribution < -0.4 is 39.3 Å². The van der Waals surface area contributed by atoms with Crippen molar-refractivity contribution >= 4 is 34.6 Å². The zero-order valence-corrected chi connectivity index (χ0v) is 33.6. The highest BCUT2D eigenvalue weighted by Gasteiger charge is 2.38. The molecule has 0 radical (unpaired) electrons. The minimum absolute atomic E-state index is 0.0210. The molecule has 292 valence electrons. The number of hydrogen-bond donors (Lipinski definition) is 8. The first kappa shape index (κ1) is 42.8. The van der Waals surface area contributed by atoms with Crippen molar-refractivity contribution in [2.24, 2.45) is 44.1 Å². The van der Waals surface area contributed by atoms with Crippen LogP contribution in [-0.2, 0) is 38.8 Å². The largest absolute Gasteiger partial charge is 0.370 e. The lowest BCUT2D eigenvalue weighted by Gasteiger charge is -2.33. The summed E-state index contributed by atoms with van der Waals surface area (Å²) in [7, 11) is 0. The number of aliphatic imine (C=N–C) groups is 2. The van der Waals surface area contributed by atoms with Crippen molar-refractivity contribution < 1.29 is 9.59 Å². The van der Waals surface area contributed by atoms with Gasteiger partial charge in [0.25, 0.3) is 0 Å². The molecule has 1 atom stereocenters. The predicted molar refractivity (Wildman–Crippen MR) is 220 cm³/mol. The molecule has 0 aliphatic heterocycles. The van der Waals surface area contributed by atoms with Crippen LogP contribution in [0, 0.1) is 5.41 Å². The smallest absolute Gasteiger partial charge is 0.237 e. The molecule has 0 fully saturated rings. The van der Waals surface area contributed by atoms with Gasteiger partial charge in [0.05, 0.1) is 11.5 Å². The standard InChI is InChI=1S/C41H66N10O2/c1-38(2,3)27-21-29(39(4,5)6)32-28(33(40(7,8)9)51-31(32)22-27)23-30(42)34(52)50-25-41(17-13-19-47-36(43)44,18-14-20-48-37(45)46)35(53)49-24-26-15-11-10-12-16-26/h10-12,15-16,21-22,30,51H,13-14,17-20,23-25,42H2,1-9H3,(H,49,53)(H,50,52)(H4,43,44,47)(H4,45,46,48)/t30-/m0/s1. The van der Waals surface area contributed by atoms with Gasteiger partial charge in [-0.3, -0.25) is 19.6 Å². The number of benzene rings is 2. The van der Waals surface area contributed by atoms with Crippen LogP contribution in [0.3, 0.4) is 0 Å². The van der Waals surface area contributed by atoms with Crippen LogP contribution >= 0.6 is 0 Å². The summed E-state index contributed by atoms with van der Waals surface area (Å²) >= 11 is 0. The number of guanidine groups is 2. The molecule has 1 heterocycles. The highest BCUT2D eigenvalue weighted by atomic mass is 16.2. The predicted octanol–water partition coefficient (Wildman–Crippen LogP) is 4.46. The van der Waals surface area contributed by atoms with E-state index in [1.165, 1.54) is 11.1 Å². The van der Waals surface area contributed by atoms with Crippen molar-refractivity contribution in [2.45, 2.75) is 123 Å². The van der Waals surface area contributed by atoms with Gasteiger partial charge in [-0.05, 0) is 71.3 Å². The number of nitrogens with zero attached hydrogens (tertiary/aromatic N) is 2. The second-order valence-corrected chi connectivity index (χ2v) is 17.5. The lowest BCUT2D eigenvalue weighted by molar-refractivity contribution is -0.133. The number of aromatic amines is 1. The van der Waals surface area contributed by atoms with Crippen LogP contribution in [0.5, 0.6) is 0 Å². The quantitative estimate of drug-likeness (QED) is 0.0599. The summed E-state index contributed by atoms with van der Waals surface area (Å²) < 4.78 is 0. The molecule has 0 unspecified atom stereocenters. The topological polar surface area (TPSA) is 229 Å². The summed E-state index contributed by atoms with van der Waals surface area (Å²) in [5, 5.41) is 7.32. The number of hydrogen-bond acceptors (Lipinski definition) is 5. The number of carbonyl (C=O) groups excluding carboxylic acids is 2. The molecule has 0 aliphatic rings. The highest BCUT2D eigenvalue weighted by molar-refractivity contribution is 5.92. The molecule has 1 aromatic heterocycles. The van der Waals surface area contributed by atoms with Crippen molar-refractivity contribution in [3.8, 4) is 0 Å². The van der Waals surface area contributed by atoms with Crippen LogP contribution in [0.2, 0.25) is 0 Å². The Kier molecular flexibility index (Phi) is 14.1. The van der Waals surface area contributed by atoms with Crippen LogP contribution in [0.25, 0.3) is 10.9 Å². The Balaban J connectivity index is 2.00. The average Bonchev–Trinajstić information content (AvgIpc) is 3.43. The molecule has 0 bridgehead atoms. The Morgan fingerprint density at radius 3 is 1.83 bits per heavy atom. The summed E-state index contributed by atoms with van der Waals surface area (Å²) in [4.78, 5) is 40.3. The van der Waals surface area contributed by atoms with E-state index in [9.17, 15) is 9.59 Å². The molecule has 0 saturated heterocycles. The fraction of sp³-hybridized carbons (Fsp3) is 0.561. The molecular weight excluding hydrogens is 665 g/mol. The lowest BCUT2D eigenvalue weighted by atomic mass is 9.77. The number of nitrogens with two attached hydrogens (primary N) is 5. The molecule has 13 N–H and O–H groups in total. The molecule has 2 aromatic carbocycles. The summed E-state index contributed by atoms with van der Waals surface area (Å²) in [5.41, 5.74) is 34.3. The lowest BCUT2D eigenvalue weighted by Crippen LogP contribution is -2.51. The summed E-state index contributed by atoms with van der Waals surface area (Å²) in [6.45, 7) is 20.9. The van der Waals surface area contributed by atoms with E-state index in [2.05, 4.69) is 100 Å². The molecule has 3 aromatic rings. The molecule has 3 rings (SSSR count). The number of amides is 2. The summed E-state index contributed by atoms with van der Waals surface area (Å²) in [6.07, 6.45) is 2.15. The van der Waals surface area contributed by atoms with E-state index < -0.39 is 11.5 Å². The van der Waals surface area contributed by atoms with Crippen molar-refractivity contribution in [3.63, 3.8) is 0 Å². The van der Waals surface area contributed by atoms with Crippen LogP contribution in [0.4, 0.5) is 0 Å². The van der Waals surface area contributed by atoms with E-state index >= 15 is 0 Å². The molecule has 0 saturated carbocycles. The molecular formula is C41H66N10O2. The van der Waals surface area contributed by atoms with Gasteiger partial charge in [0.2, 0.25) is 11.8 Å². The maximum atomic E-state index is 14.2. The zero-order chi connectivity index (χ0) is 39.8. The zero-order valence-electron chi connectivity index (χ0n) is 33.6. The maximum absolute atomic E-state index is 14.2. The normalized spacial score (nSPS) is 13.0. The van der Waals surface area contributed by atoms with Crippen molar-refractivity contribution in [2.75, 3.05) is 19.6 Å². The Hall–Kier alpha value is -4.58. The summed E-state index contributed by atoms with van der Waals surface area (Å²) in [5.74, 6) is -0.572. The van der Waals surface area contributed by atoms with Gasteiger partial charge in [0.15, 0.2) is 11.9 Å². The van der Waals surface area contributed by atoms with Gasteiger partial charge in [-0.25, -0.2) is 0 Å². The van der Waals surface area contributed by atoms with Gasteiger partial charge < -0.3 is 44.3 Å². The first-order chi connectivity index (χ1) is 24.5. The monoisotopic (exact) mass is 731 g/mol. The molecule has 12 heteroatoms. The summed E-state index contributed by atoms with van der Waals surface area (Å²) in [6, 6.07) is 13.3. The van der Waals surface area contributed by atoms with E-state index in [-0.39, 0.29) is 46.5 Å². The molecule has 0 spiro atoms. The third-order valence-corrected chi connectivity index (χ3v) is 9.78. The van der Waals surface area contributed by atoms with Gasteiger partial charge in [0, 0.05) is 48.2 Å². The number of fused-ring (bicyclic) bond motifs is 1. The first-order valence-corrected chi connectivity index (χ1v) is 18.7. The Bertz CT molecular complexity index is 1720. The molecule has 12 nitrogen and oxygen atoms in total. The van der Waals surface area contributed by atoms with Crippen LogP contribution in [0.15, 0.2) is 52.4 Å². The van der Waals surface area contributed by atoms with Crippen LogP contribution in [-0.4, -0.2) is 54.4 Å². The van der Waals surface area contributed by atoms with Gasteiger partial charge in [-0.2, -0.15) is 0 Å². The fourth-order valence-electron chi connectivity index (χ4n) is 6.80. The second kappa shape index (κ2) is 17.5. The molecule has 0 aliphatic carbocycles. The average molecular weight is 731 g/mol. The van der Waals surface area contributed by atoms with Crippen molar-refractivity contribution in [1.29, 1.82) is 0 Å². The van der Waals surface area contributed by atoms with Gasteiger partial charge in [-0.1, -0.05) is 98.7 Å². The van der Waals surface area contributed by atoms with E-state index in [0.717, 1.165) is 27.7 Å². The number of nitrogens with one attached hydrogen (secondary N) is 3. The number of aromatic nitrogens is 1. The SMILES string of the molecule is CC(C)(C)c1cc(C(C)(C)C)c2c(C[C@H](N)C(=O)NCC(CCCN=C(N)N)(CCCN=C(N)N)C(=O)NCc3ccccc3)c(C(C)(C)C)[nH]c2c1. The third-order valence-electron chi connectivity index (χ3n) is 9.78. The Morgan fingerprint density at radius 2 is 1.34 bits per heavy atom. The van der Waals surface area contributed by atoms with E-state index in [1.54, 1.807) is 0 Å². The number of carbonyl (C=O) groups is 2. The fourth-order valence-corrected chi connectivity index (χ4v) is 6.80. The minimum Gasteiger partial charge on any atom is -0.370 e. The first-order valence-electron chi connectivity index (χ1n) is 18.7. The van der Waals surface area contributed by atoms with Crippen molar-refractivity contribution in [3.05, 3.63) is 70.4 Å². The maximum Gasteiger partial charge on any atom is 0.237 e. The van der Waals surface area contributed by atoms with E-state index in [4.69, 9.17) is 28.7 Å². The Morgan fingerprint density at radius 1 is 0.774 bits per heavy atom. The third kappa shape index (κ3) is 12.0. The van der Waals surface area contributed by atoms with Gasteiger partial charge >= 0.3 is 0 Å². The highest BCUT2D eigenvalue weighted by Crippen LogP contribution is 2.41.